The standard InChI is InChI=1S/C21H23N3O3S/c1-3-26-18-9-5-16(6-10-18)23-20(25)15-28-21-22-13-14-24(21)17-7-11-19(12-8-17)27-4-2/h5-14H,3-4,15H2,1-2H3,(H,23,25). The van der Waals surface area contributed by atoms with Crippen molar-refractivity contribution in [2.75, 3.05) is 24.3 Å². The molecule has 0 aliphatic rings. The number of imidazole rings is 1. The number of nitrogens with one attached hydrogen (secondary N) is 1. The number of thioether (sulfide) groups is 1. The Hall–Kier alpha value is -2.93. The van der Waals surface area contributed by atoms with Crippen LogP contribution in [0.4, 0.5) is 5.69 Å². The molecule has 0 spiro atoms. The van der Waals surface area contributed by atoms with Gasteiger partial charge in [-0.3, -0.25) is 9.36 Å². The summed E-state index contributed by atoms with van der Waals surface area (Å²) in [6.07, 6.45) is 3.60. The van der Waals surface area contributed by atoms with Crippen LogP contribution >= 0.6 is 11.8 Å². The monoisotopic (exact) mass is 397 g/mol. The molecule has 1 aromatic heterocycles. The SMILES string of the molecule is CCOc1ccc(NC(=O)CSc2nccn2-c2ccc(OCC)cc2)cc1. The van der Waals surface area contributed by atoms with E-state index in [9.17, 15) is 4.79 Å². The molecule has 28 heavy (non-hydrogen) atoms. The molecule has 0 saturated heterocycles. The van der Waals surface area contributed by atoms with Crippen molar-refractivity contribution in [3.05, 3.63) is 60.9 Å². The van der Waals surface area contributed by atoms with Gasteiger partial charge in [0.2, 0.25) is 5.91 Å². The van der Waals surface area contributed by atoms with Gasteiger partial charge in [0.05, 0.1) is 19.0 Å². The van der Waals surface area contributed by atoms with Crippen LogP contribution < -0.4 is 14.8 Å². The van der Waals surface area contributed by atoms with Crippen molar-refractivity contribution in [1.29, 1.82) is 0 Å². The molecule has 1 amide bonds. The van der Waals surface area contributed by atoms with Crippen LogP contribution in [0.1, 0.15) is 13.8 Å². The zero-order valence-corrected chi connectivity index (χ0v) is 16.7. The van der Waals surface area contributed by atoms with Gasteiger partial charge in [-0.1, -0.05) is 11.8 Å². The van der Waals surface area contributed by atoms with Crippen LogP contribution in [0.3, 0.4) is 0 Å². The van der Waals surface area contributed by atoms with Gasteiger partial charge in [-0.2, -0.15) is 0 Å². The molecule has 0 aliphatic heterocycles. The Morgan fingerprint density at radius 2 is 1.61 bits per heavy atom. The van der Waals surface area contributed by atoms with E-state index < -0.39 is 0 Å². The summed E-state index contributed by atoms with van der Waals surface area (Å²) < 4.78 is 12.8. The van der Waals surface area contributed by atoms with E-state index in [1.54, 1.807) is 6.20 Å². The number of ether oxygens (including phenoxy) is 2. The first kappa shape index (κ1) is 19.8. The van der Waals surface area contributed by atoms with Gasteiger partial charge in [-0.05, 0) is 62.4 Å². The van der Waals surface area contributed by atoms with E-state index in [2.05, 4.69) is 10.3 Å². The van der Waals surface area contributed by atoms with Crippen LogP contribution in [-0.4, -0.2) is 34.4 Å². The minimum atomic E-state index is -0.0876. The maximum absolute atomic E-state index is 12.3. The molecule has 2 aromatic carbocycles. The molecular formula is C21H23N3O3S. The minimum absolute atomic E-state index is 0.0876. The highest BCUT2D eigenvalue weighted by Gasteiger charge is 2.10. The normalized spacial score (nSPS) is 10.5. The first-order valence-corrected chi connectivity index (χ1v) is 10.1. The Balaban J connectivity index is 1.57. The lowest BCUT2D eigenvalue weighted by atomic mass is 10.3. The zero-order chi connectivity index (χ0) is 19.8. The summed E-state index contributed by atoms with van der Waals surface area (Å²) in [5.41, 5.74) is 1.71. The van der Waals surface area contributed by atoms with Crippen molar-refractivity contribution in [2.24, 2.45) is 0 Å². The Bertz CT molecular complexity index is 892. The molecule has 1 heterocycles. The van der Waals surface area contributed by atoms with E-state index in [4.69, 9.17) is 9.47 Å². The van der Waals surface area contributed by atoms with Crippen LogP contribution in [-0.2, 0) is 4.79 Å². The first-order valence-electron chi connectivity index (χ1n) is 9.11. The molecule has 1 N–H and O–H groups in total. The molecule has 0 atom stereocenters. The van der Waals surface area contributed by atoms with Gasteiger partial charge < -0.3 is 14.8 Å². The fraction of sp³-hybridized carbons (Fsp3) is 0.238. The minimum Gasteiger partial charge on any atom is -0.494 e. The molecule has 146 valence electrons. The third-order valence-corrected chi connectivity index (χ3v) is 4.78. The van der Waals surface area contributed by atoms with Crippen LogP contribution in [0, 0.1) is 0 Å². The second kappa shape index (κ2) is 9.85. The number of hydrogen-bond acceptors (Lipinski definition) is 5. The summed E-state index contributed by atoms with van der Waals surface area (Å²) in [7, 11) is 0. The number of carbonyl (C=O) groups excluding carboxylic acids is 1. The Morgan fingerprint density at radius 3 is 2.21 bits per heavy atom. The fourth-order valence-corrected chi connectivity index (χ4v) is 3.36. The molecule has 0 unspecified atom stereocenters. The molecule has 6 nitrogen and oxygen atoms in total. The second-order valence-corrected chi connectivity index (χ2v) is 6.74. The molecule has 0 saturated carbocycles. The van der Waals surface area contributed by atoms with E-state index in [-0.39, 0.29) is 11.7 Å². The predicted molar refractivity (Wildman–Crippen MR) is 112 cm³/mol. The number of carbonyl (C=O) groups is 1. The zero-order valence-electron chi connectivity index (χ0n) is 15.9. The Labute approximate surface area is 168 Å². The van der Waals surface area contributed by atoms with Crippen molar-refractivity contribution in [1.82, 2.24) is 9.55 Å². The maximum atomic E-state index is 12.3. The predicted octanol–water partition coefficient (Wildman–Crippen LogP) is 4.40. The van der Waals surface area contributed by atoms with Crippen LogP contribution in [0.2, 0.25) is 0 Å². The van der Waals surface area contributed by atoms with Gasteiger partial charge in [0.25, 0.3) is 0 Å². The van der Waals surface area contributed by atoms with Gasteiger partial charge in [-0.25, -0.2) is 4.98 Å². The lowest BCUT2D eigenvalue weighted by Crippen LogP contribution is -2.14. The Kier molecular flexibility index (Phi) is 6.97. The molecule has 0 radical (unpaired) electrons. The van der Waals surface area contributed by atoms with Crippen LogP contribution in [0.15, 0.2) is 66.1 Å². The number of amides is 1. The second-order valence-electron chi connectivity index (χ2n) is 5.80. The van der Waals surface area contributed by atoms with E-state index >= 15 is 0 Å². The number of anilines is 1. The lowest BCUT2D eigenvalue weighted by molar-refractivity contribution is -0.113. The number of benzene rings is 2. The fourth-order valence-electron chi connectivity index (χ4n) is 2.59. The average molecular weight is 398 g/mol. The van der Waals surface area contributed by atoms with Crippen molar-refractivity contribution in [2.45, 2.75) is 19.0 Å². The molecule has 0 aliphatic carbocycles. The molecule has 0 fully saturated rings. The quantitative estimate of drug-likeness (QED) is 0.542. The van der Waals surface area contributed by atoms with E-state index in [0.717, 1.165) is 28.0 Å². The molecular weight excluding hydrogens is 374 g/mol. The summed E-state index contributed by atoms with van der Waals surface area (Å²) in [5, 5.41) is 3.64. The topological polar surface area (TPSA) is 65.4 Å². The van der Waals surface area contributed by atoms with Crippen molar-refractivity contribution in [3.63, 3.8) is 0 Å². The molecule has 7 heteroatoms. The molecule has 0 bridgehead atoms. The van der Waals surface area contributed by atoms with Gasteiger partial charge in [0.15, 0.2) is 5.16 Å². The highest BCUT2D eigenvalue weighted by atomic mass is 32.2. The molecule has 3 rings (SSSR count). The Morgan fingerprint density at radius 1 is 1.00 bits per heavy atom. The van der Waals surface area contributed by atoms with Gasteiger partial charge in [-0.15, -0.1) is 0 Å². The van der Waals surface area contributed by atoms with E-state index in [1.165, 1.54) is 11.8 Å². The first-order chi connectivity index (χ1) is 13.7. The average Bonchev–Trinajstić information content (AvgIpc) is 3.18. The third-order valence-electron chi connectivity index (χ3n) is 3.81. The smallest absolute Gasteiger partial charge is 0.234 e. The largest absolute Gasteiger partial charge is 0.494 e. The number of aromatic nitrogens is 2. The van der Waals surface area contributed by atoms with Gasteiger partial charge in [0.1, 0.15) is 11.5 Å². The van der Waals surface area contributed by atoms with Crippen molar-refractivity contribution < 1.29 is 14.3 Å². The van der Waals surface area contributed by atoms with Crippen molar-refractivity contribution >= 4 is 23.4 Å². The number of rotatable bonds is 9. The van der Waals surface area contributed by atoms with Gasteiger partial charge in [0, 0.05) is 23.8 Å². The van der Waals surface area contributed by atoms with Crippen LogP contribution in [0.25, 0.3) is 5.69 Å². The summed E-state index contributed by atoms with van der Waals surface area (Å²) in [5.74, 6) is 1.79. The number of nitrogens with zero attached hydrogens (tertiary/aromatic N) is 2. The summed E-state index contributed by atoms with van der Waals surface area (Å²) in [4.78, 5) is 16.6. The van der Waals surface area contributed by atoms with Crippen molar-refractivity contribution in [3.8, 4) is 17.2 Å². The summed E-state index contributed by atoms with van der Waals surface area (Å²) in [6, 6.07) is 15.1. The molecule has 3 aromatic rings. The maximum Gasteiger partial charge on any atom is 0.234 e. The lowest BCUT2D eigenvalue weighted by Gasteiger charge is -2.09. The highest BCUT2D eigenvalue weighted by molar-refractivity contribution is 7.99. The van der Waals surface area contributed by atoms with Gasteiger partial charge >= 0.3 is 0 Å². The highest BCUT2D eigenvalue weighted by Crippen LogP contribution is 2.23. The summed E-state index contributed by atoms with van der Waals surface area (Å²) in [6.45, 7) is 5.14. The third kappa shape index (κ3) is 5.29. The van der Waals surface area contributed by atoms with E-state index in [0.29, 0.717) is 13.2 Å². The van der Waals surface area contributed by atoms with E-state index in [1.807, 2.05) is 73.1 Å². The van der Waals surface area contributed by atoms with Crippen LogP contribution in [0.5, 0.6) is 11.5 Å². The number of hydrogen-bond donors (Lipinski definition) is 1. The summed E-state index contributed by atoms with van der Waals surface area (Å²) >= 11 is 1.39.